The lowest BCUT2D eigenvalue weighted by Crippen LogP contribution is -2.20. The average molecular weight is 302 g/mol. The van der Waals surface area contributed by atoms with Gasteiger partial charge in [0.25, 0.3) is 0 Å². The first-order valence-corrected chi connectivity index (χ1v) is 5.69. The molecule has 0 saturated heterocycles. The first-order chi connectivity index (χ1) is 6.41. The van der Waals surface area contributed by atoms with Gasteiger partial charge in [-0.25, -0.2) is 0 Å². The Kier molecular flexibility index (Phi) is 13.1. The van der Waals surface area contributed by atoms with Crippen LogP contribution in [0.3, 0.4) is 0 Å². The SMILES string of the molecule is CCNCCOCCOCCNI. The van der Waals surface area contributed by atoms with Crippen LogP contribution in [0.15, 0.2) is 0 Å². The van der Waals surface area contributed by atoms with Gasteiger partial charge in [0, 0.05) is 36.0 Å². The zero-order chi connectivity index (χ0) is 9.78. The van der Waals surface area contributed by atoms with Crippen LogP contribution in [0.5, 0.6) is 0 Å². The van der Waals surface area contributed by atoms with Gasteiger partial charge >= 0.3 is 0 Å². The molecule has 13 heavy (non-hydrogen) atoms. The Labute approximate surface area is 94.2 Å². The molecule has 0 bridgehead atoms. The van der Waals surface area contributed by atoms with E-state index in [9.17, 15) is 0 Å². The predicted molar refractivity (Wildman–Crippen MR) is 62.2 cm³/mol. The molecule has 80 valence electrons. The standard InChI is InChI=1S/C8H19IN2O2/c1-2-10-3-5-12-7-8-13-6-4-11-9/h10-11H,2-8H2,1H3. The largest absolute Gasteiger partial charge is 0.378 e. The molecule has 0 heterocycles. The van der Waals surface area contributed by atoms with E-state index in [0.29, 0.717) is 13.2 Å². The van der Waals surface area contributed by atoms with E-state index in [1.807, 2.05) is 0 Å². The van der Waals surface area contributed by atoms with Gasteiger partial charge in [0.2, 0.25) is 0 Å². The van der Waals surface area contributed by atoms with E-state index in [4.69, 9.17) is 9.47 Å². The quantitative estimate of drug-likeness (QED) is 0.352. The number of ether oxygens (including phenoxy) is 2. The van der Waals surface area contributed by atoms with Crippen LogP contribution in [0.4, 0.5) is 0 Å². The van der Waals surface area contributed by atoms with E-state index in [0.717, 1.165) is 32.8 Å². The number of nitrogens with one attached hydrogen (secondary N) is 2. The van der Waals surface area contributed by atoms with Gasteiger partial charge in [-0.15, -0.1) is 0 Å². The number of hydrogen-bond acceptors (Lipinski definition) is 4. The highest BCUT2D eigenvalue weighted by Gasteiger charge is 1.89. The third kappa shape index (κ3) is 12.6. The minimum absolute atomic E-state index is 0.685. The Balaban J connectivity index is 2.76. The Hall–Kier alpha value is 0.570. The summed E-state index contributed by atoms with van der Waals surface area (Å²) in [6.07, 6.45) is 0. The zero-order valence-corrected chi connectivity index (χ0v) is 10.3. The van der Waals surface area contributed by atoms with Gasteiger partial charge in [-0.2, -0.15) is 0 Å². The molecule has 0 aliphatic heterocycles. The van der Waals surface area contributed by atoms with Crippen LogP contribution >= 0.6 is 22.9 Å². The molecule has 0 amide bonds. The number of hydrogen-bond donors (Lipinski definition) is 2. The zero-order valence-electron chi connectivity index (χ0n) is 8.14. The lowest BCUT2D eigenvalue weighted by Gasteiger charge is -2.05. The van der Waals surface area contributed by atoms with Crippen LogP contribution in [0.25, 0.3) is 0 Å². The predicted octanol–water partition coefficient (Wildman–Crippen LogP) is 0.569. The molecular weight excluding hydrogens is 283 g/mol. The fraction of sp³-hybridized carbons (Fsp3) is 1.00. The molecule has 0 spiro atoms. The summed E-state index contributed by atoms with van der Waals surface area (Å²) in [5.74, 6) is 0. The van der Waals surface area contributed by atoms with Crippen LogP contribution < -0.4 is 8.85 Å². The first-order valence-electron chi connectivity index (χ1n) is 4.61. The maximum atomic E-state index is 5.31. The monoisotopic (exact) mass is 302 g/mol. The second-order valence-electron chi connectivity index (χ2n) is 2.46. The van der Waals surface area contributed by atoms with E-state index in [1.165, 1.54) is 0 Å². The van der Waals surface area contributed by atoms with Gasteiger partial charge in [-0.05, 0) is 6.54 Å². The van der Waals surface area contributed by atoms with Crippen LogP contribution in [0.2, 0.25) is 0 Å². The molecule has 0 rings (SSSR count). The van der Waals surface area contributed by atoms with Crippen molar-refractivity contribution >= 4 is 22.9 Å². The van der Waals surface area contributed by atoms with Gasteiger partial charge in [-0.3, -0.25) is 3.53 Å². The van der Waals surface area contributed by atoms with E-state index >= 15 is 0 Å². The summed E-state index contributed by atoms with van der Waals surface area (Å²) < 4.78 is 13.6. The Morgan fingerprint density at radius 2 is 1.62 bits per heavy atom. The normalized spacial score (nSPS) is 10.6. The molecule has 0 saturated carbocycles. The van der Waals surface area contributed by atoms with E-state index in [2.05, 4.69) is 38.6 Å². The Morgan fingerprint density at radius 1 is 1.00 bits per heavy atom. The molecule has 4 nitrogen and oxygen atoms in total. The van der Waals surface area contributed by atoms with E-state index in [-0.39, 0.29) is 0 Å². The van der Waals surface area contributed by atoms with Crippen molar-refractivity contribution in [1.29, 1.82) is 0 Å². The molecule has 0 aromatic carbocycles. The van der Waals surface area contributed by atoms with Crippen molar-refractivity contribution in [3.63, 3.8) is 0 Å². The van der Waals surface area contributed by atoms with Gasteiger partial charge in [0.05, 0.1) is 26.4 Å². The maximum absolute atomic E-state index is 5.31. The molecule has 0 unspecified atom stereocenters. The van der Waals surface area contributed by atoms with Crippen molar-refractivity contribution in [2.75, 3.05) is 46.1 Å². The van der Waals surface area contributed by atoms with Gasteiger partial charge in [0.1, 0.15) is 0 Å². The summed E-state index contributed by atoms with van der Waals surface area (Å²) in [6, 6.07) is 0. The molecule has 0 aromatic rings. The third-order valence-electron chi connectivity index (χ3n) is 1.39. The summed E-state index contributed by atoms with van der Waals surface area (Å²) in [6.45, 7) is 7.78. The Bertz CT molecular complexity index is 86.2. The van der Waals surface area contributed by atoms with Crippen molar-refractivity contribution in [1.82, 2.24) is 8.85 Å². The van der Waals surface area contributed by atoms with Crippen LogP contribution in [-0.2, 0) is 9.47 Å². The highest BCUT2D eigenvalue weighted by Crippen LogP contribution is 1.78. The van der Waals surface area contributed by atoms with E-state index < -0.39 is 0 Å². The topological polar surface area (TPSA) is 42.5 Å². The summed E-state index contributed by atoms with van der Waals surface area (Å²) in [5.41, 5.74) is 0. The average Bonchev–Trinajstić information content (AvgIpc) is 2.16. The summed E-state index contributed by atoms with van der Waals surface area (Å²) >= 11 is 2.10. The lowest BCUT2D eigenvalue weighted by atomic mass is 10.6. The molecule has 0 aliphatic carbocycles. The molecule has 2 N–H and O–H groups in total. The van der Waals surface area contributed by atoms with Gasteiger partial charge < -0.3 is 14.8 Å². The van der Waals surface area contributed by atoms with Crippen molar-refractivity contribution in [2.24, 2.45) is 0 Å². The van der Waals surface area contributed by atoms with E-state index in [1.54, 1.807) is 0 Å². The lowest BCUT2D eigenvalue weighted by molar-refractivity contribution is 0.0515. The molecule has 0 atom stereocenters. The maximum Gasteiger partial charge on any atom is 0.0701 e. The van der Waals surface area contributed by atoms with Crippen LogP contribution in [0, 0.1) is 0 Å². The molecular formula is C8H19IN2O2. The number of likely N-dealkylation sites (N-methyl/N-ethyl adjacent to an activating group) is 1. The second-order valence-corrected chi connectivity index (χ2v) is 3.22. The van der Waals surface area contributed by atoms with Gasteiger partial charge in [-0.1, -0.05) is 6.92 Å². The molecule has 0 fully saturated rings. The third-order valence-corrected chi connectivity index (χ3v) is 1.93. The number of halogens is 1. The summed E-state index contributed by atoms with van der Waals surface area (Å²) in [5, 5.41) is 3.18. The minimum Gasteiger partial charge on any atom is -0.378 e. The van der Waals surface area contributed by atoms with Crippen molar-refractivity contribution in [3.05, 3.63) is 0 Å². The van der Waals surface area contributed by atoms with Crippen LogP contribution in [-0.4, -0.2) is 46.1 Å². The summed E-state index contributed by atoms with van der Waals surface area (Å²) in [4.78, 5) is 0. The van der Waals surface area contributed by atoms with Gasteiger partial charge in [0.15, 0.2) is 0 Å². The Morgan fingerprint density at radius 3 is 2.15 bits per heavy atom. The smallest absolute Gasteiger partial charge is 0.0701 e. The highest BCUT2D eigenvalue weighted by atomic mass is 127. The fourth-order valence-corrected chi connectivity index (χ4v) is 0.974. The minimum atomic E-state index is 0.685. The molecule has 0 aliphatic rings. The number of rotatable bonds is 10. The van der Waals surface area contributed by atoms with Crippen LogP contribution in [0.1, 0.15) is 6.92 Å². The summed E-state index contributed by atoms with van der Waals surface area (Å²) in [7, 11) is 0. The first kappa shape index (κ1) is 13.6. The van der Waals surface area contributed by atoms with Crippen molar-refractivity contribution < 1.29 is 9.47 Å². The molecule has 0 aromatic heterocycles. The highest BCUT2D eigenvalue weighted by molar-refractivity contribution is 14.1. The second kappa shape index (κ2) is 12.6. The fourth-order valence-electron chi connectivity index (χ4n) is 0.754. The van der Waals surface area contributed by atoms with Crippen molar-refractivity contribution in [2.45, 2.75) is 6.92 Å². The molecule has 0 radical (unpaired) electrons. The van der Waals surface area contributed by atoms with Crippen molar-refractivity contribution in [3.8, 4) is 0 Å². The molecule has 5 heteroatoms.